The van der Waals surface area contributed by atoms with Gasteiger partial charge in [-0.15, -0.1) is 0 Å². The molecule has 2 aliphatic heterocycles. The molecule has 1 saturated heterocycles. The maximum atomic E-state index is 11.4. The molecule has 0 radical (unpaired) electrons. The van der Waals surface area contributed by atoms with Crippen LogP contribution >= 0.6 is 0 Å². The van der Waals surface area contributed by atoms with E-state index in [1.807, 2.05) is 25.1 Å². The molecule has 0 spiro atoms. The number of carbonyl (C=O) groups excluding carboxylic acids is 1. The van der Waals surface area contributed by atoms with E-state index in [4.69, 9.17) is 4.42 Å². The monoisotopic (exact) mass is 298 g/mol. The minimum Gasteiger partial charge on any atom is -0.423 e. The molecule has 3 heterocycles. The second-order valence-electron chi connectivity index (χ2n) is 6.01. The number of hydrogen-bond acceptors (Lipinski definition) is 5. The first-order chi connectivity index (χ1) is 10.7. The summed E-state index contributed by atoms with van der Waals surface area (Å²) in [6.45, 7) is 4.03. The Morgan fingerprint density at radius 2 is 2.14 bits per heavy atom. The van der Waals surface area contributed by atoms with Crippen molar-refractivity contribution in [1.82, 2.24) is 10.4 Å². The lowest BCUT2D eigenvalue weighted by Gasteiger charge is -2.18. The smallest absolute Gasteiger partial charge is 0.298 e. The third-order valence-corrected chi connectivity index (χ3v) is 4.31. The van der Waals surface area contributed by atoms with E-state index < -0.39 is 0 Å². The largest absolute Gasteiger partial charge is 0.423 e. The van der Waals surface area contributed by atoms with E-state index in [2.05, 4.69) is 20.4 Å². The van der Waals surface area contributed by atoms with Crippen LogP contribution in [0.3, 0.4) is 0 Å². The minimum atomic E-state index is -0.0340. The normalized spacial score (nSPS) is 22.0. The average Bonchev–Trinajstić information content (AvgIpc) is 3.15. The van der Waals surface area contributed by atoms with E-state index in [1.165, 1.54) is 12.8 Å². The molecule has 1 fully saturated rings. The van der Waals surface area contributed by atoms with Crippen molar-refractivity contribution in [3.63, 3.8) is 0 Å². The Hall–Kier alpha value is -2.37. The van der Waals surface area contributed by atoms with Crippen molar-refractivity contribution in [2.24, 2.45) is 11.0 Å². The predicted octanol–water partition coefficient (Wildman–Crippen LogP) is 2.29. The van der Waals surface area contributed by atoms with Gasteiger partial charge in [-0.05, 0) is 25.0 Å². The summed E-state index contributed by atoms with van der Waals surface area (Å²) in [4.78, 5) is 18.1. The highest BCUT2D eigenvalue weighted by atomic mass is 16.4. The fraction of sp³-hybridized carbons (Fsp3) is 0.438. The SMILES string of the molecule is CC1CC(=O)NN=C1c1ccc2nc(N3CCCC3)oc2c1. The van der Waals surface area contributed by atoms with Crippen molar-refractivity contribution < 1.29 is 9.21 Å². The van der Waals surface area contributed by atoms with Gasteiger partial charge in [0.15, 0.2) is 5.58 Å². The number of aromatic nitrogens is 1. The molecule has 1 aromatic heterocycles. The van der Waals surface area contributed by atoms with Gasteiger partial charge in [-0.3, -0.25) is 4.79 Å². The van der Waals surface area contributed by atoms with Crippen LogP contribution < -0.4 is 10.3 Å². The number of nitrogens with one attached hydrogen (secondary N) is 1. The highest BCUT2D eigenvalue weighted by molar-refractivity contribution is 6.07. The zero-order valence-electron chi connectivity index (χ0n) is 12.5. The number of hydrazone groups is 1. The van der Waals surface area contributed by atoms with Crippen molar-refractivity contribution in [2.75, 3.05) is 18.0 Å². The van der Waals surface area contributed by atoms with Crippen LogP contribution in [0.15, 0.2) is 27.7 Å². The molecule has 1 amide bonds. The Labute approximate surface area is 128 Å². The van der Waals surface area contributed by atoms with E-state index in [9.17, 15) is 4.79 Å². The van der Waals surface area contributed by atoms with Crippen molar-refractivity contribution >= 4 is 28.7 Å². The van der Waals surface area contributed by atoms with Crippen LogP contribution in [-0.2, 0) is 4.79 Å². The summed E-state index contributed by atoms with van der Waals surface area (Å²) in [7, 11) is 0. The number of benzene rings is 1. The molecule has 0 bridgehead atoms. The van der Waals surface area contributed by atoms with Gasteiger partial charge in [0.05, 0.1) is 5.71 Å². The van der Waals surface area contributed by atoms with Gasteiger partial charge >= 0.3 is 0 Å². The fourth-order valence-corrected chi connectivity index (χ4v) is 3.12. The second-order valence-corrected chi connectivity index (χ2v) is 6.01. The van der Waals surface area contributed by atoms with E-state index >= 15 is 0 Å². The zero-order chi connectivity index (χ0) is 15.1. The zero-order valence-corrected chi connectivity index (χ0v) is 12.5. The standard InChI is InChI=1S/C16H18N4O2/c1-10-8-14(21)18-19-15(10)11-4-5-12-13(9-11)22-16(17-12)20-6-2-3-7-20/h4-5,9-10H,2-3,6-8H2,1H3,(H,18,21). The van der Waals surface area contributed by atoms with Crippen LogP contribution in [0, 0.1) is 5.92 Å². The third kappa shape index (κ3) is 2.24. The van der Waals surface area contributed by atoms with Crippen molar-refractivity contribution in [3.05, 3.63) is 23.8 Å². The second kappa shape index (κ2) is 5.12. The number of nitrogens with zero attached hydrogens (tertiary/aromatic N) is 3. The van der Waals surface area contributed by atoms with Gasteiger partial charge in [0.1, 0.15) is 5.52 Å². The number of hydrogen-bond donors (Lipinski definition) is 1. The Morgan fingerprint density at radius 1 is 1.32 bits per heavy atom. The first-order valence-corrected chi connectivity index (χ1v) is 7.73. The molecule has 22 heavy (non-hydrogen) atoms. The van der Waals surface area contributed by atoms with Crippen molar-refractivity contribution in [1.29, 1.82) is 0 Å². The maximum absolute atomic E-state index is 11.4. The van der Waals surface area contributed by atoms with Crippen LogP contribution in [0.4, 0.5) is 6.01 Å². The number of rotatable bonds is 2. The van der Waals surface area contributed by atoms with Crippen LogP contribution in [0.2, 0.25) is 0 Å². The van der Waals surface area contributed by atoms with Gasteiger partial charge < -0.3 is 9.32 Å². The molecule has 1 unspecified atom stereocenters. The highest BCUT2D eigenvalue weighted by Crippen LogP contribution is 2.27. The maximum Gasteiger partial charge on any atom is 0.298 e. The molecule has 6 nitrogen and oxygen atoms in total. The van der Waals surface area contributed by atoms with E-state index in [0.29, 0.717) is 12.4 Å². The molecule has 4 rings (SSSR count). The molecular weight excluding hydrogens is 280 g/mol. The van der Waals surface area contributed by atoms with Crippen LogP contribution in [0.1, 0.15) is 31.7 Å². The lowest BCUT2D eigenvalue weighted by molar-refractivity contribution is -0.121. The quantitative estimate of drug-likeness (QED) is 0.923. The predicted molar refractivity (Wildman–Crippen MR) is 83.9 cm³/mol. The van der Waals surface area contributed by atoms with Gasteiger partial charge in [-0.2, -0.15) is 10.1 Å². The van der Waals surface area contributed by atoms with Crippen LogP contribution in [0.5, 0.6) is 0 Å². The number of anilines is 1. The number of oxazole rings is 1. The van der Waals surface area contributed by atoms with Gasteiger partial charge in [0.2, 0.25) is 5.91 Å². The van der Waals surface area contributed by atoms with Gasteiger partial charge in [0.25, 0.3) is 6.01 Å². The minimum absolute atomic E-state index is 0.0340. The van der Waals surface area contributed by atoms with Gasteiger partial charge in [-0.25, -0.2) is 5.43 Å². The fourth-order valence-electron chi connectivity index (χ4n) is 3.12. The summed E-state index contributed by atoms with van der Waals surface area (Å²) in [5, 5.41) is 4.20. The third-order valence-electron chi connectivity index (χ3n) is 4.31. The molecule has 1 N–H and O–H groups in total. The molecular formula is C16H18N4O2. The lowest BCUT2D eigenvalue weighted by Crippen LogP contribution is -2.31. The summed E-state index contributed by atoms with van der Waals surface area (Å²) in [6, 6.07) is 6.62. The summed E-state index contributed by atoms with van der Waals surface area (Å²) in [5.41, 5.74) is 6.05. The first-order valence-electron chi connectivity index (χ1n) is 7.73. The topological polar surface area (TPSA) is 70.7 Å². The highest BCUT2D eigenvalue weighted by Gasteiger charge is 2.23. The first kappa shape index (κ1) is 13.3. The van der Waals surface area contributed by atoms with E-state index in [-0.39, 0.29) is 11.8 Å². The van der Waals surface area contributed by atoms with Crippen molar-refractivity contribution in [2.45, 2.75) is 26.2 Å². The summed E-state index contributed by atoms with van der Waals surface area (Å²) >= 11 is 0. The molecule has 0 aliphatic carbocycles. The average molecular weight is 298 g/mol. The molecule has 2 aromatic rings. The summed E-state index contributed by atoms with van der Waals surface area (Å²) in [6.07, 6.45) is 2.85. The molecule has 114 valence electrons. The Balaban J connectivity index is 1.69. The van der Waals surface area contributed by atoms with E-state index in [0.717, 1.165) is 35.5 Å². The van der Waals surface area contributed by atoms with Crippen LogP contribution in [-0.4, -0.2) is 29.7 Å². The molecule has 2 aliphatic rings. The van der Waals surface area contributed by atoms with Crippen molar-refractivity contribution in [3.8, 4) is 0 Å². The molecule has 0 saturated carbocycles. The molecule has 1 aromatic carbocycles. The lowest BCUT2D eigenvalue weighted by atomic mass is 9.94. The summed E-state index contributed by atoms with van der Waals surface area (Å²) < 4.78 is 5.91. The van der Waals surface area contributed by atoms with Crippen LogP contribution in [0.25, 0.3) is 11.1 Å². The van der Waals surface area contributed by atoms with E-state index in [1.54, 1.807) is 0 Å². The molecule has 1 atom stereocenters. The molecule has 6 heteroatoms. The summed E-state index contributed by atoms with van der Waals surface area (Å²) in [5.74, 6) is 0.0699. The van der Waals surface area contributed by atoms with Gasteiger partial charge in [0, 0.05) is 31.0 Å². The number of carbonyl (C=O) groups is 1. The Morgan fingerprint density at radius 3 is 2.91 bits per heavy atom. The Kier molecular flexibility index (Phi) is 3.10. The Bertz CT molecular complexity index is 759. The number of fused-ring (bicyclic) bond motifs is 1. The van der Waals surface area contributed by atoms with Gasteiger partial charge in [-0.1, -0.05) is 13.0 Å². The number of amides is 1.